The van der Waals surface area contributed by atoms with Gasteiger partial charge in [0.25, 0.3) is 0 Å². The molecular weight excluding hydrogens is 278 g/mol. The molecule has 0 radical (unpaired) electrons. The van der Waals surface area contributed by atoms with E-state index in [0.717, 1.165) is 32.1 Å². The van der Waals surface area contributed by atoms with Crippen LogP contribution in [0.25, 0.3) is 0 Å². The maximum atomic E-state index is 12.0. The van der Waals surface area contributed by atoms with E-state index in [0.29, 0.717) is 0 Å². The van der Waals surface area contributed by atoms with Gasteiger partial charge in [-0.3, -0.25) is 0 Å². The molecule has 0 aromatic heterocycles. The van der Waals surface area contributed by atoms with E-state index in [2.05, 4.69) is 17.4 Å². The van der Waals surface area contributed by atoms with Crippen LogP contribution in [0, 0.1) is 0 Å². The highest BCUT2D eigenvalue weighted by Gasteiger charge is 2.19. The molecule has 1 aromatic rings. The van der Waals surface area contributed by atoms with Gasteiger partial charge in [0.1, 0.15) is 5.60 Å². The number of aliphatic hydroxyl groups is 1. The Balaban J connectivity index is 2.55. The van der Waals surface area contributed by atoms with Crippen LogP contribution in [0.2, 0.25) is 0 Å². The summed E-state index contributed by atoms with van der Waals surface area (Å²) < 4.78 is 5.34. The number of carbonyl (C=O) groups excluding carboxylic acids is 1. The molecule has 1 amide bonds. The van der Waals surface area contributed by atoms with Gasteiger partial charge in [0.2, 0.25) is 0 Å². The quantitative estimate of drug-likeness (QED) is 0.720. The van der Waals surface area contributed by atoms with Gasteiger partial charge in [-0.15, -0.1) is 0 Å². The van der Waals surface area contributed by atoms with Crippen molar-refractivity contribution >= 4 is 6.09 Å². The lowest BCUT2D eigenvalue weighted by Gasteiger charge is -2.24. The maximum Gasteiger partial charge on any atom is 0.407 e. The third-order valence-corrected chi connectivity index (χ3v) is 3.26. The molecule has 22 heavy (non-hydrogen) atoms. The summed E-state index contributed by atoms with van der Waals surface area (Å²) in [5.41, 5.74) is 0.712. The zero-order chi connectivity index (χ0) is 16.4. The van der Waals surface area contributed by atoms with Gasteiger partial charge < -0.3 is 15.2 Å². The minimum absolute atomic E-state index is 0.0518. The molecule has 0 spiro atoms. The monoisotopic (exact) mass is 307 g/mol. The fraction of sp³-hybridized carbons (Fsp3) is 0.611. The van der Waals surface area contributed by atoms with E-state index in [1.165, 1.54) is 5.56 Å². The number of amides is 1. The van der Waals surface area contributed by atoms with Crippen molar-refractivity contribution in [2.24, 2.45) is 0 Å². The maximum absolute atomic E-state index is 12.0. The number of rotatable bonds is 8. The normalized spacial score (nSPS) is 12.7. The van der Waals surface area contributed by atoms with Gasteiger partial charge in [-0.1, -0.05) is 43.2 Å². The van der Waals surface area contributed by atoms with Gasteiger partial charge in [-0.05, 0) is 45.6 Å². The Labute approximate surface area is 133 Å². The average molecular weight is 307 g/mol. The number of nitrogens with one attached hydrogen (secondary N) is 1. The molecule has 2 N–H and O–H groups in total. The minimum atomic E-state index is -0.488. The third kappa shape index (κ3) is 8.67. The molecule has 1 aromatic carbocycles. The fourth-order valence-corrected chi connectivity index (χ4v) is 2.28. The molecule has 0 saturated carbocycles. The first-order valence-electron chi connectivity index (χ1n) is 8.05. The second kappa shape index (κ2) is 9.46. The van der Waals surface area contributed by atoms with Crippen LogP contribution in [0.15, 0.2) is 30.3 Å². The van der Waals surface area contributed by atoms with Crippen molar-refractivity contribution in [1.29, 1.82) is 0 Å². The van der Waals surface area contributed by atoms with Crippen LogP contribution in [-0.2, 0) is 11.2 Å². The number of ether oxygens (including phenoxy) is 1. The first kappa shape index (κ1) is 18.5. The highest BCUT2D eigenvalue weighted by Crippen LogP contribution is 2.12. The summed E-state index contributed by atoms with van der Waals surface area (Å²) in [7, 11) is 0. The molecule has 0 aliphatic heterocycles. The zero-order valence-electron chi connectivity index (χ0n) is 14.0. The summed E-state index contributed by atoms with van der Waals surface area (Å²) in [5.74, 6) is 0. The van der Waals surface area contributed by atoms with E-state index < -0.39 is 5.60 Å². The molecule has 1 rings (SSSR count). The van der Waals surface area contributed by atoms with Gasteiger partial charge in [-0.25, -0.2) is 4.79 Å². The van der Waals surface area contributed by atoms with Crippen molar-refractivity contribution in [2.75, 3.05) is 6.61 Å². The van der Waals surface area contributed by atoms with Crippen LogP contribution >= 0.6 is 0 Å². The summed E-state index contributed by atoms with van der Waals surface area (Å²) in [6.45, 7) is 5.81. The van der Waals surface area contributed by atoms with E-state index in [9.17, 15) is 4.79 Å². The smallest absolute Gasteiger partial charge is 0.407 e. The summed E-state index contributed by atoms with van der Waals surface area (Å²) in [4.78, 5) is 12.0. The van der Waals surface area contributed by atoms with Crippen LogP contribution < -0.4 is 5.32 Å². The lowest BCUT2D eigenvalue weighted by Crippen LogP contribution is -2.40. The molecule has 0 saturated heterocycles. The van der Waals surface area contributed by atoms with E-state index >= 15 is 0 Å². The van der Waals surface area contributed by atoms with Crippen LogP contribution in [0.4, 0.5) is 4.79 Å². The summed E-state index contributed by atoms with van der Waals surface area (Å²) in [6.07, 6.45) is 4.07. The molecule has 0 aliphatic carbocycles. The minimum Gasteiger partial charge on any atom is -0.444 e. The van der Waals surface area contributed by atoms with E-state index in [1.807, 2.05) is 39.0 Å². The van der Waals surface area contributed by atoms with Crippen molar-refractivity contribution < 1.29 is 14.6 Å². The summed E-state index contributed by atoms with van der Waals surface area (Å²) in [6, 6.07) is 10.2. The largest absolute Gasteiger partial charge is 0.444 e. The van der Waals surface area contributed by atoms with Crippen LogP contribution in [0.5, 0.6) is 0 Å². The molecule has 0 bridgehead atoms. The number of aliphatic hydroxyl groups excluding tert-OH is 1. The molecule has 0 heterocycles. The van der Waals surface area contributed by atoms with Crippen LogP contribution in [0.1, 0.15) is 52.0 Å². The molecule has 0 fully saturated rings. The van der Waals surface area contributed by atoms with Gasteiger partial charge in [0.05, 0.1) is 0 Å². The SMILES string of the molecule is CC(C)(C)OC(=O)NC(CCCCCO)Cc1ccccc1. The predicted octanol–water partition coefficient (Wildman–Crippen LogP) is 3.68. The number of carbonyl (C=O) groups is 1. The molecule has 4 nitrogen and oxygen atoms in total. The Hall–Kier alpha value is -1.55. The van der Waals surface area contributed by atoms with Crippen molar-refractivity contribution in [3.05, 3.63) is 35.9 Å². The molecular formula is C18H29NO3. The number of alkyl carbamates (subject to hydrolysis) is 1. The Morgan fingerprint density at radius 1 is 1.18 bits per heavy atom. The van der Waals surface area contributed by atoms with E-state index in [1.54, 1.807) is 0 Å². The number of hydrogen-bond donors (Lipinski definition) is 2. The van der Waals surface area contributed by atoms with E-state index in [-0.39, 0.29) is 18.7 Å². The Bertz CT molecular complexity index is 426. The zero-order valence-corrected chi connectivity index (χ0v) is 14.0. The van der Waals surface area contributed by atoms with Gasteiger partial charge in [-0.2, -0.15) is 0 Å². The summed E-state index contributed by atoms with van der Waals surface area (Å²) in [5, 5.41) is 11.8. The second-order valence-corrected chi connectivity index (χ2v) is 6.61. The van der Waals surface area contributed by atoms with Crippen molar-refractivity contribution in [2.45, 2.75) is 64.5 Å². The topological polar surface area (TPSA) is 58.6 Å². The highest BCUT2D eigenvalue weighted by molar-refractivity contribution is 5.68. The first-order valence-corrected chi connectivity index (χ1v) is 8.05. The first-order chi connectivity index (χ1) is 10.4. The van der Waals surface area contributed by atoms with Gasteiger partial charge >= 0.3 is 6.09 Å². The van der Waals surface area contributed by atoms with Crippen molar-refractivity contribution in [3.8, 4) is 0 Å². The molecule has 1 atom stereocenters. The van der Waals surface area contributed by atoms with Gasteiger partial charge in [0, 0.05) is 12.6 Å². The number of hydrogen-bond acceptors (Lipinski definition) is 3. The molecule has 0 aliphatic rings. The number of benzene rings is 1. The Kier molecular flexibility index (Phi) is 7.96. The predicted molar refractivity (Wildman–Crippen MR) is 88.9 cm³/mol. The lowest BCUT2D eigenvalue weighted by atomic mass is 10.0. The Morgan fingerprint density at radius 3 is 2.45 bits per heavy atom. The second-order valence-electron chi connectivity index (χ2n) is 6.61. The highest BCUT2D eigenvalue weighted by atomic mass is 16.6. The number of unbranched alkanes of at least 4 members (excludes halogenated alkanes) is 2. The third-order valence-electron chi connectivity index (χ3n) is 3.26. The summed E-state index contributed by atoms with van der Waals surface area (Å²) >= 11 is 0. The van der Waals surface area contributed by atoms with Crippen molar-refractivity contribution in [1.82, 2.24) is 5.32 Å². The van der Waals surface area contributed by atoms with Crippen LogP contribution in [0.3, 0.4) is 0 Å². The molecule has 124 valence electrons. The fourth-order valence-electron chi connectivity index (χ4n) is 2.28. The van der Waals surface area contributed by atoms with Crippen molar-refractivity contribution in [3.63, 3.8) is 0 Å². The van der Waals surface area contributed by atoms with E-state index in [4.69, 9.17) is 9.84 Å². The lowest BCUT2D eigenvalue weighted by molar-refractivity contribution is 0.0501. The molecule has 4 heteroatoms. The standard InChI is InChI=1S/C18H29NO3/c1-18(2,3)22-17(21)19-16(12-8-5-9-13-20)14-15-10-6-4-7-11-15/h4,6-7,10-11,16,20H,5,8-9,12-14H2,1-3H3,(H,19,21). The Morgan fingerprint density at radius 2 is 1.86 bits per heavy atom. The average Bonchev–Trinajstić information content (AvgIpc) is 2.42. The van der Waals surface area contributed by atoms with Gasteiger partial charge in [0.15, 0.2) is 0 Å². The van der Waals surface area contributed by atoms with Crippen LogP contribution in [-0.4, -0.2) is 29.4 Å². The molecule has 1 unspecified atom stereocenters.